The van der Waals surface area contributed by atoms with Crippen molar-refractivity contribution >= 4 is 0 Å². The Morgan fingerprint density at radius 1 is 1.38 bits per heavy atom. The number of fused-ring (bicyclic) bond motifs is 1. The maximum atomic E-state index is 14.1. The number of hydrogen-bond acceptors (Lipinski definition) is 3. The Bertz CT molecular complexity index is 651. The first kappa shape index (κ1) is 14.1. The first-order valence-electron chi connectivity index (χ1n) is 7.47. The lowest BCUT2D eigenvalue weighted by molar-refractivity contribution is 0.321. The summed E-state index contributed by atoms with van der Waals surface area (Å²) in [6.45, 7) is 6.10. The molecule has 4 nitrogen and oxygen atoms in total. The molecule has 0 spiro atoms. The van der Waals surface area contributed by atoms with Crippen molar-refractivity contribution in [2.24, 2.45) is 0 Å². The number of benzene rings is 1. The third-order valence-corrected chi connectivity index (χ3v) is 3.75. The smallest absolute Gasteiger partial charge is 0.167 e. The number of ether oxygens (including phenoxy) is 1. The highest BCUT2D eigenvalue weighted by molar-refractivity contribution is 5.43. The van der Waals surface area contributed by atoms with Crippen LogP contribution in [0.3, 0.4) is 0 Å². The average Bonchev–Trinajstić information content (AvgIpc) is 2.88. The van der Waals surface area contributed by atoms with Crippen molar-refractivity contribution < 1.29 is 9.13 Å². The molecular weight excluding hydrogens is 269 g/mol. The first-order valence-corrected chi connectivity index (χ1v) is 7.47. The number of aromatic nitrogens is 2. The zero-order valence-corrected chi connectivity index (χ0v) is 12.4. The molecule has 0 fully saturated rings. The molecule has 21 heavy (non-hydrogen) atoms. The lowest BCUT2D eigenvalue weighted by Crippen LogP contribution is -2.24. The highest BCUT2D eigenvalue weighted by Gasteiger charge is 2.20. The van der Waals surface area contributed by atoms with Gasteiger partial charge in [-0.1, -0.05) is 6.92 Å². The molecule has 2 heterocycles. The highest BCUT2D eigenvalue weighted by atomic mass is 19.1. The van der Waals surface area contributed by atoms with Crippen LogP contribution in [0.5, 0.6) is 5.75 Å². The maximum absolute atomic E-state index is 14.1. The molecule has 2 aromatic rings. The van der Waals surface area contributed by atoms with Crippen molar-refractivity contribution in [1.82, 2.24) is 14.9 Å². The highest BCUT2D eigenvalue weighted by Crippen LogP contribution is 2.25. The van der Waals surface area contributed by atoms with Crippen molar-refractivity contribution in [1.29, 1.82) is 0 Å². The number of imidazole rings is 1. The van der Waals surface area contributed by atoms with Crippen LogP contribution in [0.2, 0.25) is 0 Å². The number of nitrogens with one attached hydrogen (secondary N) is 1. The molecule has 1 aliphatic rings. The normalized spacial score (nSPS) is 14.0. The lowest BCUT2D eigenvalue weighted by atomic mass is 10.1. The van der Waals surface area contributed by atoms with Gasteiger partial charge in [-0.15, -0.1) is 0 Å². The van der Waals surface area contributed by atoms with E-state index in [0.717, 1.165) is 43.1 Å². The van der Waals surface area contributed by atoms with E-state index in [4.69, 9.17) is 4.74 Å². The van der Waals surface area contributed by atoms with Gasteiger partial charge in [0.25, 0.3) is 0 Å². The molecule has 0 radical (unpaired) electrons. The molecule has 0 unspecified atom stereocenters. The van der Waals surface area contributed by atoms with Gasteiger partial charge in [0.1, 0.15) is 5.82 Å². The summed E-state index contributed by atoms with van der Waals surface area (Å²) in [7, 11) is 0. The van der Waals surface area contributed by atoms with Gasteiger partial charge in [-0.05, 0) is 19.1 Å². The molecule has 3 rings (SSSR count). The monoisotopic (exact) mass is 289 g/mol. The van der Waals surface area contributed by atoms with E-state index in [2.05, 4.69) is 21.8 Å². The van der Waals surface area contributed by atoms with Crippen LogP contribution < -0.4 is 10.1 Å². The first-order chi connectivity index (χ1) is 10.2. The van der Waals surface area contributed by atoms with E-state index in [-0.39, 0.29) is 5.82 Å². The van der Waals surface area contributed by atoms with Crippen LogP contribution in [0.15, 0.2) is 18.2 Å². The minimum atomic E-state index is -0.326. The molecule has 0 aliphatic carbocycles. The molecule has 112 valence electrons. The zero-order valence-electron chi connectivity index (χ0n) is 12.4. The number of halogens is 1. The Morgan fingerprint density at radius 2 is 2.24 bits per heavy atom. The largest absolute Gasteiger partial charge is 0.491 e. The molecule has 0 atom stereocenters. The van der Waals surface area contributed by atoms with E-state index in [0.29, 0.717) is 12.4 Å². The zero-order chi connectivity index (χ0) is 14.8. The maximum Gasteiger partial charge on any atom is 0.167 e. The Labute approximate surface area is 124 Å². The molecule has 1 aromatic carbocycles. The summed E-state index contributed by atoms with van der Waals surface area (Å²) in [6, 6.07) is 5.13. The second kappa shape index (κ2) is 5.85. The van der Waals surface area contributed by atoms with Crippen LogP contribution in [0.1, 0.15) is 31.1 Å². The second-order valence-electron chi connectivity index (χ2n) is 5.08. The van der Waals surface area contributed by atoms with Crippen LogP contribution in [-0.4, -0.2) is 22.7 Å². The fourth-order valence-electron chi connectivity index (χ4n) is 2.81. The summed E-state index contributed by atoms with van der Waals surface area (Å²) in [5.74, 6) is 0.954. The van der Waals surface area contributed by atoms with Crippen molar-refractivity contribution in [3.63, 3.8) is 0 Å². The SMILES string of the molecule is CCOc1ccc(-n2c(CC)nc3c2CCNC3)cc1F. The third kappa shape index (κ3) is 2.53. The van der Waals surface area contributed by atoms with Crippen LogP contribution in [-0.2, 0) is 19.4 Å². The Kier molecular flexibility index (Phi) is 3.92. The summed E-state index contributed by atoms with van der Waals surface area (Å²) < 4.78 is 21.5. The van der Waals surface area contributed by atoms with Gasteiger partial charge in [0, 0.05) is 37.7 Å². The number of hydrogen-bond donors (Lipinski definition) is 1. The van der Waals surface area contributed by atoms with Crippen molar-refractivity contribution in [3.05, 3.63) is 41.2 Å². The van der Waals surface area contributed by atoms with Gasteiger partial charge in [0.05, 0.1) is 18.0 Å². The molecule has 1 aromatic heterocycles. The summed E-state index contributed by atoms with van der Waals surface area (Å²) in [6.07, 6.45) is 1.74. The summed E-state index contributed by atoms with van der Waals surface area (Å²) >= 11 is 0. The molecular formula is C16H20FN3O. The topological polar surface area (TPSA) is 39.1 Å². The van der Waals surface area contributed by atoms with Crippen molar-refractivity contribution in [2.75, 3.05) is 13.2 Å². The second-order valence-corrected chi connectivity index (χ2v) is 5.08. The predicted octanol–water partition coefficient (Wildman–Crippen LogP) is 2.62. The molecule has 1 aliphatic heterocycles. The Balaban J connectivity index is 2.07. The molecule has 0 saturated carbocycles. The van der Waals surface area contributed by atoms with Gasteiger partial charge in [-0.2, -0.15) is 0 Å². The quantitative estimate of drug-likeness (QED) is 0.940. The number of aryl methyl sites for hydroxylation is 1. The lowest BCUT2D eigenvalue weighted by Gasteiger charge is -2.16. The van der Waals surface area contributed by atoms with Crippen LogP contribution >= 0.6 is 0 Å². The molecule has 0 bridgehead atoms. The molecule has 0 amide bonds. The Hall–Kier alpha value is -1.88. The number of nitrogens with zero attached hydrogens (tertiary/aromatic N) is 2. The molecule has 0 saturated heterocycles. The van der Waals surface area contributed by atoms with Gasteiger partial charge in [0.2, 0.25) is 0 Å². The van der Waals surface area contributed by atoms with E-state index in [9.17, 15) is 4.39 Å². The van der Waals surface area contributed by atoms with E-state index in [1.54, 1.807) is 6.07 Å². The van der Waals surface area contributed by atoms with Crippen LogP contribution in [0, 0.1) is 5.82 Å². The van der Waals surface area contributed by atoms with Crippen molar-refractivity contribution in [2.45, 2.75) is 33.2 Å². The van der Waals surface area contributed by atoms with Gasteiger partial charge in [-0.3, -0.25) is 0 Å². The standard InChI is InChI=1S/C16H20FN3O/c1-3-16-19-13-10-18-8-7-14(13)20(16)11-5-6-15(21-4-2)12(17)9-11/h5-6,9,18H,3-4,7-8,10H2,1-2H3. The van der Waals surface area contributed by atoms with Crippen LogP contribution in [0.4, 0.5) is 4.39 Å². The van der Waals surface area contributed by atoms with Crippen molar-refractivity contribution in [3.8, 4) is 11.4 Å². The van der Waals surface area contributed by atoms with Gasteiger partial charge in [0.15, 0.2) is 11.6 Å². The van der Waals surface area contributed by atoms with Gasteiger partial charge < -0.3 is 14.6 Å². The number of rotatable bonds is 4. The van der Waals surface area contributed by atoms with E-state index < -0.39 is 0 Å². The van der Waals surface area contributed by atoms with E-state index >= 15 is 0 Å². The third-order valence-electron chi connectivity index (χ3n) is 3.75. The fraction of sp³-hybridized carbons (Fsp3) is 0.438. The van der Waals surface area contributed by atoms with E-state index in [1.807, 2.05) is 13.0 Å². The minimum absolute atomic E-state index is 0.301. The predicted molar refractivity (Wildman–Crippen MR) is 79.5 cm³/mol. The Morgan fingerprint density at radius 3 is 2.95 bits per heavy atom. The van der Waals surface area contributed by atoms with Gasteiger partial charge in [-0.25, -0.2) is 9.37 Å². The fourth-order valence-corrected chi connectivity index (χ4v) is 2.81. The minimum Gasteiger partial charge on any atom is -0.491 e. The van der Waals surface area contributed by atoms with Gasteiger partial charge >= 0.3 is 0 Å². The van der Waals surface area contributed by atoms with Crippen LogP contribution in [0.25, 0.3) is 5.69 Å². The van der Waals surface area contributed by atoms with E-state index in [1.165, 1.54) is 11.8 Å². The summed E-state index contributed by atoms with van der Waals surface area (Å²) in [4.78, 5) is 4.68. The summed E-state index contributed by atoms with van der Waals surface area (Å²) in [5.41, 5.74) is 3.09. The molecule has 1 N–H and O–H groups in total. The average molecular weight is 289 g/mol. The summed E-state index contributed by atoms with van der Waals surface area (Å²) in [5, 5.41) is 3.32. The molecule has 5 heteroatoms.